The lowest BCUT2D eigenvalue weighted by Crippen LogP contribution is -2.42. The summed E-state index contributed by atoms with van der Waals surface area (Å²) in [5.41, 5.74) is 6.68. The molecule has 2 unspecified atom stereocenters. The molecule has 2 atom stereocenters. The van der Waals surface area contributed by atoms with E-state index in [1.54, 1.807) is 6.07 Å². The molecule has 0 saturated heterocycles. The number of hydrogen-bond acceptors (Lipinski definition) is 3. The Hall–Kier alpha value is -1.75. The van der Waals surface area contributed by atoms with Crippen LogP contribution >= 0.6 is 11.6 Å². The molecule has 0 aromatic heterocycles. The van der Waals surface area contributed by atoms with Gasteiger partial charge in [-0.2, -0.15) is 0 Å². The number of nitrogens with one attached hydrogen (secondary N) is 1. The average molecular weight is 338 g/mol. The lowest BCUT2D eigenvalue weighted by atomic mass is 9.86. The molecule has 1 aliphatic rings. The van der Waals surface area contributed by atoms with Gasteiger partial charge in [-0.1, -0.05) is 54.7 Å². The number of carbonyl (C=O) groups excluding carboxylic acids is 1. The maximum atomic E-state index is 11.9. The van der Waals surface area contributed by atoms with Crippen molar-refractivity contribution in [1.82, 2.24) is 5.32 Å². The summed E-state index contributed by atoms with van der Waals surface area (Å²) in [5.74, 6) is 0.650. The third kappa shape index (κ3) is 5.75. The molecule has 0 aliphatic heterocycles. The van der Waals surface area contributed by atoms with Crippen LogP contribution in [0.25, 0.3) is 0 Å². The van der Waals surface area contributed by atoms with Crippen LogP contribution in [0.2, 0.25) is 5.02 Å². The summed E-state index contributed by atoms with van der Waals surface area (Å²) < 4.78 is 0. The molecular formula is C17H24ClN3O2. The van der Waals surface area contributed by atoms with E-state index in [1.165, 1.54) is 12.8 Å². The Kier molecular flexibility index (Phi) is 6.71. The largest absolute Gasteiger partial charge is 0.384 e. The van der Waals surface area contributed by atoms with Crippen LogP contribution < -0.4 is 11.1 Å². The monoisotopic (exact) mass is 337 g/mol. The van der Waals surface area contributed by atoms with E-state index in [4.69, 9.17) is 22.2 Å². The van der Waals surface area contributed by atoms with Crippen molar-refractivity contribution in [2.75, 3.05) is 6.61 Å². The zero-order chi connectivity index (χ0) is 16.7. The second-order valence-electron chi connectivity index (χ2n) is 6.06. The molecular weight excluding hydrogens is 314 g/mol. The highest BCUT2D eigenvalue weighted by molar-refractivity contribution is 6.31. The molecule has 1 fully saturated rings. The van der Waals surface area contributed by atoms with Crippen molar-refractivity contribution in [3.63, 3.8) is 0 Å². The zero-order valence-corrected chi connectivity index (χ0v) is 14.2. The van der Waals surface area contributed by atoms with E-state index in [0.29, 0.717) is 17.4 Å². The molecule has 0 radical (unpaired) electrons. The molecule has 1 aromatic rings. The van der Waals surface area contributed by atoms with Crippen molar-refractivity contribution in [1.29, 1.82) is 0 Å². The minimum Gasteiger partial charge on any atom is -0.384 e. The summed E-state index contributed by atoms with van der Waals surface area (Å²) >= 11 is 6.06. The number of hydrogen-bond donors (Lipinski definition) is 2. The van der Waals surface area contributed by atoms with E-state index in [1.807, 2.05) is 18.2 Å². The lowest BCUT2D eigenvalue weighted by Gasteiger charge is -2.29. The van der Waals surface area contributed by atoms with Crippen LogP contribution in [0.5, 0.6) is 0 Å². The molecule has 1 aromatic carbocycles. The van der Waals surface area contributed by atoms with Crippen molar-refractivity contribution >= 4 is 23.3 Å². The van der Waals surface area contributed by atoms with Crippen LogP contribution in [-0.4, -0.2) is 24.4 Å². The van der Waals surface area contributed by atoms with Crippen molar-refractivity contribution in [2.24, 2.45) is 16.8 Å². The number of amides is 1. The Balaban J connectivity index is 1.74. The normalized spacial score (nSPS) is 21.7. The van der Waals surface area contributed by atoms with Gasteiger partial charge in [0.1, 0.15) is 5.84 Å². The first kappa shape index (κ1) is 17.6. The summed E-state index contributed by atoms with van der Waals surface area (Å²) in [6.45, 7) is 2.05. The minimum atomic E-state index is -0.155. The summed E-state index contributed by atoms with van der Waals surface area (Å²) in [7, 11) is 0. The Morgan fingerprint density at radius 2 is 2.13 bits per heavy atom. The fourth-order valence-electron chi connectivity index (χ4n) is 2.82. The zero-order valence-electron chi connectivity index (χ0n) is 13.4. The van der Waals surface area contributed by atoms with Gasteiger partial charge in [0.2, 0.25) is 0 Å². The fraction of sp³-hybridized carbons (Fsp3) is 0.529. The predicted molar refractivity (Wildman–Crippen MR) is 92.3 cm³/mol. The number of oxime groups is 1. The van der Waals surface area contributed by atoms with E-state index in [0.717, 1.165) is 18.4 Å². The number of rotatable bonds is 6. The Bertz CT molecular complexity index is 563. The Morgan fingerprint density at radius 1 is 1.39 bits per heavy atom. The van der Waals surface area contributed by atoms with E-state index in [9.17, 15) is 4.79 Å². The molecule has 23 heavy (non-hydrogen) atoms. The van der Waals surface area contributed by atoms with E-state index in [2.05, 4.69) is 17.4 Å². The van der Waals surface area contributed by atoms with Crippen LogP contribution in [0.3, 0.4) is 0 Å². The van der Waals surface area contributed by atoms with Crippen LogP contribution in [0, 0.1) is 5.92 Å². The molecule has 5 nitrogen and oxygen atoms in total. The van der Waals surface area contributed by atoms with Gasteiger partial charge in [0.05, 0.1) is 0 Å². The van der Waals surface area contributed by atoms with Gasteiger partial charge in [0.15, 0.2) is 6.61 Å². The molecule has 1 saturated carbocycles. The Labute approximate surface area is 142 Å². The molecule has 126 valence electrons. The maximum Gasteiger partial charge on any atom is 0.261 e. The van der Waals surface area contributed by atoms with Gasteiger partial charge in [-0.3, -0.25) is 4.79 Å². The molecule has 1 aliphatic carbocycles. The van der Waals surface area contributed by atoms with Gasteiger partial charge >= 0.3 is 0 Å². The summed E-state index contributed by atoms with van der Waals surface area (Å²) in [6.07, 6.45) is 4.99. The highest BCUT2D eigenvalue weighted by Gasteiger charge is 2.22. The second kappa shape index (κ2) is 8.77. The fourth-order valence-corrected chi connectivity index (χ4v) is 3.02. The number of benzene rings is 1. The number of nitrogens with two attached hydrogens (primary N) is 1. The van der Waals surface area contributed by atoms with Crippen molar-refractivity contribution < 1.29 is 9.63 Å². The molecule has 1 amide bonds. The lowest BCUT2D eigenvalue weighted by molar-refractivity contribution is -0.126. The molecule has 3 N–H and O–H groups in total. The third-order valence-corrected chi connectivity index (χ3v) is 4.53. The average Bonchev–Trinajstić information content (AvgIpc) is 2.52. The number of nitrogens with zero attached hydrogens (tertiary/aromatic N) is 1. The van der Waals surface area contributed by atoms with E-state index >= 15 is 0 Å². The van der Waals surface area contributed by atoms with Crippen LogP contribution in [0.1, 0.15) is 38.2 Å². The quantitative estimate of drug-likeness (QED) is 0.476. The van der Waals surface area contributed by atoms with Crippen LogP contribution in [-0.2, 0) is 16.1 Å². The van der Waals surface area contributed by atoms with Gasteiger partial charge in [0.25, 0.3) is 5.91 Å². The summed E-state index contributed by atoms with van der Waals surface area (Å²) in [4.78, 5) is 16.9. The SMILES string of the molecule is CC1CCCCC1NC(=O)CON=C(N)Cc1ccccc1Cl. The van der Waals surface area contributed by atoms with Gasteiger partial charge in [-0.05, 0) is 30.4 Å². The first-order chi connectivity index (χ1) is 11.1. The minimum absolute atomic E-state index is 0.119. The van der Waals surface area contributed by atoms with Gasteiger partial charge in [-0.15, -0.1) is 0 Å². The number of halogens is 1. The van der Waals surface area contributed by atoms with Gasteiger partial charge < -0.3 is 15.9 Å². The van der Waals surface area contributed by atoms with Crippen molar-refractivity contribution in [2.45, 2.75) is 45.1 Å². The molecule has 0 spiro atoms. The second-order valence-corrected chi connectivity index (χ2v) is 6.47. The highest BCUT2D eigenvalue weighted by atomic mass is 35.5. The van der Waals surface area contributed by atoms with E-state index in [-0.39, 0.29) is 24.4 Å². The summed E-state index contributed by atoms with van der Waals surface area (Å²) in [5, 5.41) is 7.43. The molecule has 0 heterocycles. The first-order valence-corrected chi connectivity index (χ1v) is 8.41. The highest BCUT2D eigenvalue weighted by Crippen LogP contribution is 2.23. The van der Waals surface area contributed by atoms with E-state index < -0.39 is 0 Å². The third-order valence-electron chi connectivity index (χ3n) is 4.16. The number of carbonyl (C=O) groups is 1. The van der Waals surface area contributed by atoms with Crippen LogP contribution in [0.15, 0.2) is 29.4 Å². The molecule has 6 heteroatoms. The number of amidine groups is 1. The Morgan fingerprint density at radius 3 is 2.87 bits per heavy atom. The first-order valence-electron chi connectivity index (χ1n) is 8.03. The molecule has 2 rings (SSSR count). The summed E-state index contributed by atoms with van der Waals surface area (Å²) in [6, 6.07) is 7.65. The standard InChI is InChI=1S/C17H24ClN3O2/c1-12-6-2-5-9-15(12)20-17(22)11-23-21-16(19)10-13-7-3-4-8-14(13)18/h3-4,7-8,12,15H,2,5-6,9-11H2,1H3,(H2,19,21)(H,20,22). The smallest absolute Gasteiger partial charge is 0.261 e. The van der Waals surface area contributed by atoms with Gasteiger partial charge in [0, 0.05) is 17.5 Å². The molecule has 0 bridgehead atoms. The van der Waals surface area contributed by atoms with Gasteiger partial charge in [-0.25, -0.2) is 0 Å². The van der Waals surface area contributed by atoms with Crippen molar-refractivity contribution in [3.05, 3.63) is 34.9 Å². The predicted octanol–water partition coefficient (Wildman–Crippen LogP) is 2.87. The van der Waals surface area contributed by atoms with Crippen LogP contribution in [0.4, 0.5) is 0 Å². The van der Waals surface area contributed by atoms with Crippen molar-refractivity contribution in [3.8, 4) is 0 Å². The maximum absolute atomic E-state index is 11.9. The topological polar surface area (TPSA) is 76.7 Å².